The van der Waals surface area contributed by atoms with Crippen molar-refractivity contribution in [1.82, 2.24) is 0 Å². The Morgan fingerprint density at radius 2 is 1.05 bits per heavy atom. The van der Waals surface area contributed by atoms with Crippen LogP contribution in [-0.4, -0.2) is 0 Å². The van der Waals surface area contributed by atoms with Gasteiger partial charge in [-0.2, -0.15) is 0 Å². The fourth-order valence-electron chi connectivity index (χ4n) is 6.84. The van der Waals surface area contributed by atoms with E-state index in [1.165, 1.54) is 137 Å². The van der Waals surface area contributed by atoms with Crippen molar-refractivity contribution in [2.24, 2.45) is 0 Å². The molecule has 0 atom stereocenters. The average Bonchev–Trinajstić information content (AvgIpc) is 3.51. The van der Waals surface area contributed by atoms with E-state index in [1.54, 1.807) is 0 Å². The number of fused-ring (bicyclic) bond motifs is 3. The zero-order valence-corrected chi connectivity index (χ0v) is 27.6. The number of halogens is 1. The molecule has 0 radical (unpaired) electrons. The molecule has 0 saturated heterocycles. The van der Waals surface area contributed by atoms with E-state index in [1.807, 2.05) is 11.3 Å². The second-order valence-electron chi connectivity index (χ2n) is 12.0. The Morgan fingerprint density at radius 3 is 1.59 bits per heavy atom. The van der Waals surface area contributed by atoms with Crippen molar-refractivity contribution in [3.8, 4) is 10.4 Å². The molecule has 3 aromatic carbocycles. The van der Waals surface area contributed by atoms with Crippen molar-refractivity contribution >= 4 is 27.3 Å². The smallest absolute Gasteiger partial charge is 0.0722 e. The first-order valence-corrected chi connectivity index (χ1v) is 17.9. The molecule has 0 unspecified atom stereocenters. The van der Waals surface area contributed by atoms with Crippen LogP contribution in [0.1, 0.15) is 124 Å². The molecule has 1 aliphatic rings. The van der Waals surface area contributed by atoms with Gasteiger partial charge in [-0.05, 0) is 86.6 Å². The third-order valence-corrected chi connectivity index (χ3v) is 10.8. The van der Waals surface area contributed by atoms with Gasteiger partial charge in [-0.3, -0.25) is 0 Å². The summed E-state index contributed by atoms with van der Waals surface area (Å²) in [7, 11) is 0. The van der Waals surface area contributed by atoms with Crippen LogP contribution in [0.5, 0.6) is 0 Å². The second kappa shape index (κ2) is 14.8. The fourth-order valence-corrected chi connectivity index (χ4v) is 8.54. The zero-order valence-electron chi connectivity index (χ0n) is 25.2. The minimum absolute atomic E-state index is 0.286. The number of benzene rings is 3. The molecule has 0 saturated carbocycles. The van der Waals surface area contributed by atoms with Crippen LogP contribution in [-0.2, 0) is 18.3 Å². The molecule has 0 spiro atoms. The minimum Gasteiger partial charge on any atom is -0.128 e. The van der Waals surface area contributed by atoms with Crippen molar-refractivity contribution in [1.29, 1.82) is 0 Å². The summed E-state index contributed by atoms with van der Waals surface area (Å²) in [5.74, 6) is 0. The van der Waals surface area contributed by atoms with Crippen molar-refractivity contribution in [2.75, 3.05) is 0 Å². The largest absolute Gasteiger partial charge is 0.128 e. The summed E-state index contributed by atoms with van der Waals surface area (Å²) in [6.45, 7) is 4.58. The Hall–Kier alpha value is -2.16. The fraction of sp³-hybridized carbons (Fsp3) is 0.436. The highest BCUT2D eigenvalue weighted by molar-refractivity contribution is 9.11. The average molecular weight is 628 g/mol. The number of rotatable bonds is 16. The molecular weight excluding hydrogens is 580 g/mol. The normalized spacial score (nSPS) is 13.3. The first kappa shape index (κ1) is 30.3. The van der Waals surface area contributed by atoms with Gasteiger partial charge in [0.1, 0.15) is 0 Å². The van der Waals surface area contributed by atoms with Gasteiger partial charge < -0.3 is 0 Å². The summed E-state index contributed by atoms with van der Waals surface area (Å²) in [6, 6.07) is 30.8. The molecular formula is C39H47BrS. The molecule has 216 valence electrons. The molecule has 5 rings (SSSR count). The molecule has 1 aromatic heterocycles. The lowest BCUT2D eigenvalue weighted by molar-refractivity contribution is 0.607. The van der Waals surface area contributed by atoms with Crippen molar-refractivity contribution in [2.45, 2.75) is 109 Å². The predicted octanol–water partition coefficient (Wildman–Crippen LogP) is 12.7. The molecule has 4 aromatic rings. The van der Waals surface area contributed by atoms with Crippen LogP contribution in [0.3, 0.4) is 0 Å². The van der Waals surface area contributed by atoms with E-state index in [4.69, 9.17) is 0 Å². The van der Waals surface area contributed by atoms with Crippen molar-refractivity contribution in [3.63, 3.8) is 0 Å². The minimum atomic E-state index is -0.286. The van der Waals surface area contributed by atoms with Crippen LogP contribution in [0.4, 0.5) is 0 Å². The number of unbranched alkanes of at least 4 members (excludes halogenated alkanes) is 10. The number of hydrogen-bond acceptors (Lipinski definition) is 1. The first-order chi connectivity index (χ1) is 20.2. The predicted molar refractivity (Wildman–Crippen MR) is 183 cm³/mol. The molecule has 2 heteroatoms. The maximum Gasteiger partial charge on any atom is 0.0722 e. The lowest BCUT2D eigenvalue weighted by Crippen LogP contribution is -2.28. The summed E-state index contributed by atoms with van der Waals surface area (Å²) in [6.07, 6.45) is 18.5. The van der Waals surface area contributed by atoms with Gasteiger partial charge in [-0.25, -0.2) is 0 Å². The molecule has 1 aliphatic carbocycles. The Balaban J connectivity index is 1.43. The van der Waals surface area contributed by atoms with Crippen LogP contribution in [0.2, 0.25) is 0 Å². The van der Waals surface area contributed by atoms with Gasteiger partial charge in [-0.1, -0.05) is 151 Å². The van der Waals surface area contributed by atoms with Gasteiger partial charge in [0.05, 0.1) is 9.20 Å². The summed E-state index contributed by atoms with van der Waals surface area (Å²) in [5.41, 5.74) is 9.62. The van der Waals surface area contributed by atoms with Gasteiger partial charge in [0.25, 0.3) is 0 Å². The van der Waals surface area contributed by atoms with E-state index >= 15 is 0 Å². The Labute approximate surface area is 261 Å². The Kier molecular flexibility index (Phi) is 11.0. The van der Waals surface area contributed by atoms with Crippen LogP contribution in [0.15, 0.2) is 82.6 Å². The topological polar surface area (TPSA) is 0 Å². The summed E-state index contributed by atoms with van der Waals surface area (Å²) in [5, 5.41) is 0. The van der Waals surface area contributed by atoms with E-state index in [0.29, 0.717) is 0 Å². The molecule has 0 aliphatic heterocycles. The van der Waals surface area contributed by atoms with Gasteiger partial charge in [0, 0.05) is 4.88 Å². The molecule has 1 heterocycles. The standard InChI is InChI=1S/C39H47BrS/c1-3-5-7-9-11-13-17-30-21-25-32(26-22-30)39(33-27-23-31(24-28-33)18-14-12-10-8-6-4-2)35-20-16-15-19-34(35)38-36(39)29-37(40)41-38/h15-16,19-29H,3-14,17-18H2,1-2H3. The van der Waals surface area contributed by atoms with E-state index in [9.17, 15) is 0 Å². The number of aryl methyl sites for hydroxylation is 2. The molecule has 0 nitrogen and oxygen atoms in total. The number of hydrogen-bond donors (Lipinski definition) is 0. The SMILES string of the molecule is CCCCCCCCc1ccc(C2(c3ccc(CCCCCCCC)cc3)c3ccccc3-c3sc(Br)cc32)cc1. The zero-order chi connectivity index (χ0) is 28.5. The molecule has 0 amide bonds. The summed E-state index contributed by atoms with van der Waals surface area (Å²) < 4.78 is 1.21. The molecule has 0 N–H and O–H groups in total. The molecule has 0 bridgehead atoms. The second-order valence-corrected chi connectivity index (χ2v) is 14.4. The number of thiophene rings is 1. The summed E-state index contributed by atoms with van der Waals surface area (Å²) in [4.78, 5) is 1.40. The quantitative estimate of drug-likeness (QED) is 0.0955. The monoisotopic (exact) mass is 626 g/mol. The first-order valence-electron chi connectivity index (χ1n) is 16.3. The van der Waals surface area contributed by atoms with Crippen molar-refractivity contribution < 1.29 is 0 Å². The van der Waals surface area contributed by atoms with E-state index in [0.717, 1.165) is 0 Å². The highest BCUT2D eigenvalue weighted by Crippen LogP contribution is 2.59. The lowest BCUT2D eigenvalue weighted by atomic mass is 9.68. The van der Waals surface area contributed by atoms with Crippen molar-refractivity contribution in [3.05, 3.63) is 116 Å². The van der Waals surface area contributed by atoms with E-state index in [2.05, 4.69) is 109 Å². The van der Waals surface area contributed by atoms with E-state index < -0.39 is 0 Å². The van der Waals surface area contributed by atoms with Crippen LogP contribution in [0.25, 0.3) is 10.4 Å². The van der Waals surface area contributed by atoms with Crippen LogP contribution in [0, 0.1) is 0 Å². The Morgan fingerprint density at radius 1 is 0.561 bits per heavy atom. The molecule has 41 heavy (non-hydrogen) atoms. The third kappa shape index (κ3) is 6.75. The maximum atomic E-state index is 3.85. The summed E-state index contributed by atoms with van der Waals surface area (Å²) >= 11 is 5.72. The van der Waals surface area contributed by atoms with Gasteiger partial charge in [0.2, 0.25) is 0 Å². The lowest BCUT2D eigenvalue weighted by Gasteiger charge is -2.33. The van der Waals surface area contributed by atoms with E-state index in [-0.39, 0.29) is 5.41 Å². The van der Waals surface area contributed by atoms with Gasteiger partial charge in [0.15, 0.2) is 0 Å². The van der Waals surface area contributed by atoms with Gasteiger partial charge in [-0.15, -0.1) is 11.3 Å². The Bertz CT molecular complexity index is 1300. The van der Waals surface area contributed by atoms with Gasteiger partial charge >= 0.3 is 0 Å². The van der Waals surface area contributed by atoms with Crippen LogP contribution < -0.4 is 0 Å². The van der Waals surface area contributed by atoms with Crippen LogP contribution >= 0.6 is 27.3 Å². The maximum absolute atomic E-state index is 3.85. The highest BCUT2D eigenvalue weighted by Gasteiger charge is 2.47. The highest BCUT2D eigenvalue weighted by atomic mass is 79.9. The third-order valence-electron chi connectivity index (χ3n) is 9.09. The molecule has 0 fully saturated rings.